The second kappa shape index (κ2) is 6.66. The number of hydrogen-bond acceptors (Lipinski definition) is 2. The topological polar surface area (TPSA) is 31.9 Å². The fourth-order valence-electron chi connectivity index (χ4n) is 3.54. The zero-order valence-electron chi connectivity index (χ0n) is 14.0. The van der Waals surface area contributed by atoms with Crippen molar-refractivity contribution in [3.8, 4) is 11.1 Å². The number of nitrogens with one attached hydrogen (secondary N) is 1. The number of H-pyrrole nitrogens is 1. The van der Waals surface area contributed by atoms with Gasteiger partial charge in [0.2, 0.25) is 0 Å². The summed E-state index contributed by atoms with van der Waals surface area (Å²) >= 11 is 0. The molecule has 1 fully saturated rings. The van der Waals surface area contributed by atoms with E-state index < -0.39 is 0 Å². The van der Waals surface area contributed by atoms with Crippen molar-refractivity contribution in [3.63, 3.8) is 0 Å². The van der Waals surface area contributed by atoms with Crippen LogP contribution in [0.5, 0.6) is 0 Å². The molecule has 0 saturated carbocycles. The van der Waals surface area contributed by atoms with Gasteiger partial charge >= 0.3 is 0 Å². The third kappa shape index (κ3) is 3.41. The molecule has 1 N–H and O–H groups in total. The van der Waals surface area contributed by atoms with E-state index in [-0.39, 0.29) is 0 Å². The Bertz CT molecular complexity index is 597. The number of aromatic amines is 1. The number of benzene rings is 1. The van der Waals surface area contributed by atoms with Gasteiger partial charge in [0.15, 0.2) is 0 Å². The summed E-state index contributed by atoms with van der Waals surface area (Å²) in [5, 5.41) is 7.62. The van der Waals surface area contributed by atoms with Crippen LogP contribution in [0.2, 0.25) is 0 Å². The molecule has 3 nitrogen and oxygen atoms in total. The highest BCUT2D eigenvalue weighted by molar-refractivity contribution is 5.66. The van der Waals surface area contributed by atoms with Crippen molar-refractivity contribution in [1.29, 1.82) is 0 Å². The first-order chi connectivity index (χ1) is 10.6. The molecule has 0 aliphatic carbocycles. The lowest BCUT2D eigenvalue weighted by Crippen LogP contribution is -2.37. The smallest absolute Gasteiger partial charge is 0.0568 e. The highest BCUT2D eigenvalue weighted by Gasteiger charge is 2.25. The number of piperidine rings is 1. The summed E-state index contributed by atoms with van der Waals surface area (Å²) in [6.45, 7) is 10.3. The van der Waals surface area contributed by atoms with E-state index in [1.807, 2.05) is 6.20 Å². The molecule has 1 saturated heterocycles. The normalized spacial score (nSPS) is 19.7. The number of likely N-dealkylation sites (tertiary alicyclic amines) is 1. The van der Waals surface area contributed by atoms with Crippen molar-refractivity contribution < 1.29 is 0 Å². The van der Waals surface area contributed by atoms with Gasteiger partial charge in [0.05, 0.1) is 6.20 Å². The van der Waals surface area contributed by atoms with Crippen LogP contribution in [0.4, 0.5) is 0 Å². The average Bonchev–Trinajstić information content (AvgIpc) is 2.97. The highest BCUT2D eigenvalue weighted by Crippen LogP contribution is 2.33. The Morgan fingerprint density at radius 2 is 2.05 bits per heavy atom. The lowest BCUT2D eigenvalue weighted by Gasteiger charge is -2.33. The fourth-order valence-corrected chi connectivity index (χ4v) is 3.54. The van der Waals surface area contributed by atoms with E-state index in [4.69, 9.17) is 0 Å². The van der Waals surface area contributed by atoms with Crippen molar-refractivity contribution in [3.05, 3.63) is 41.7 Å². The van der Waals surface area contributed by atoms with Gasteiger partial charge in [0.25, 0.3) is 0 Å². The van der Waals surface area contributed by atoms with E-state index in [9.17, 15) is 0 Å². The quantitative estimate of drug-likeness (QED) is 0.916. The third-order valence-electron chi connectivity index (χ3n) is 4.57. The molecule has 1 aromatic heterocycles. The number of aromatic nitrogens is 2. The van der Waals surface area contributed by atoms with Crippen LogP contribution in [0.25, 0.3) is 11.1 Å². The lowest BCUT2D eigenvalue weighted by atomic mass is 9.90. The van der Waals surface area contributed by atoms with Gasteiger partial charge in [-0.2, -0.15) is 5.10 Å². The summed E-state index contributed by atoms with van der Waals surface area (Å²) in [5.41, 5.74) is 5.17. The molecule has 0 bridgehead atoms. The molecule has 2 aromatic rings. The highest BCUT2D eigenvalue weighted by atomic mass is 15.2. The maximum absolute atomic E-state index is 4.34. The fraction of sp³-hybridized carbons (Fsp3) is 0.526. The van der Waals surface area contributed by atoms with Gasteiger partial charge in [-0.25, -0.2) is 0 Å². The van der Waals surface area contributed by atoms with Crippen LogP contribution in [-0.2, 0) is 0 Å². The Morgan fingerprint density at radius 3 is 2.77 bits per heavy atom. The molecule has 1 unspecified atom stereocenters. The van der Waals surface area contributed by atoms with E-state index in [1.54, 1.807) is 0 Å². The summed E-state index contributed by atoms with van der Waals surface area (Å²) in [4.78, 5) is 2.61. The van der Waals surface area contributed by atoms with E-state index in [1.165, 1.54) is 48.3 Å². The molecule has 3 heteroatoms. The number of aryl methyl sites for hydroxylation is 1. The minimum atomic E-state index is 0.575. The van der Waals surface area contributed by atoms with Crippen LogP contribution in [0.3, 0.4) is 0 Å². The number of nitrogens with zero attached hydrogens (tertiary/aromatic N) is 2. The molecule has 1 atom stereocenters. The minimum Gasteiger partial charge on any atom is -0.302 e. The van der Waals surface area contributed by atoms with Gasteiger partial charge in [-0.1, -0.05) is 43.7 Å². The Balaban J connectivity index is 1.80. The Hall–Kier alpha value is -1.61. The van der Waals surface area contributed by atoms with E-state index in [0.717, 1.165) is 12.5 Å². The van der Waals surface area contributed by atoms with Gasteiger partial charge in [0.1, 0.15) is 0 Å². The van der Waals surface area contributed by atoms with E-state index >= 15 is 0 Å². The first-order valence-electron chi connectivity index (χ1n) is 8.46. The van der Waals surface area contributed by atoms with Gasteiger partial charge in [-0.15, -0.1) is 0 Å². The molecule has 118 valence electrons. The number of hydrogen-bond donors (Lipinski definition) is 1. The standard InChI is InChI=1S/C19H27N3/c1-14(2)12-22-10-4-5-17(13-22)19-18(11-20-21-19)16-8-6-15(3)7-9-16/h6-9,11,14,17H,4-5,10,12-13H2,1-3H3,(H,20,21). The summed E-state index contributed by atoms with van der Waals surface area (Å²) < 4.78 is 0. The molecule has 1 aliphatic heterocycles. The Morgan fingerprint density at radius 1 is 1.27 bits per heavy atom. The van der Waals surface area contributed by atoms with Crippen molar-refractivity contribution in [2.45, 2.75) is 39.5 Å². The maximum atomic E-state index is 4.34. The summed E-state index contributed by atoms with van der Waals surface area (Å²) in [7, 11) is 0. The van der Waals surface area contributed by atoms with Gasteiger partial charge in [-0.05, 0) is 37.8 Å². The first kappa shape index (κ1) is 15.3. The van der Waals surface area contributed by atoms with Crippen LogP contribution in [0, 0.1) is 12.8 Å². The third-order valence-corrected chi connectivity index (χ3v) is 4.57. The van der Waals surface area contributed by atoms with E-state index in [2.05, 4.69) is 60.1 Å². The van der Waals surface area contributed by atoms with Crippen LogP contribution in [0.1, 0.15) is 43.9 Å². The first-order valence-corrected chi connectivity index (χ1v) is 8.46. The van der Waals surface area contributed by atoms with Crippen molar-refractivity contribution in [2.24, 2.45) is 5.92 Å². The maximum Gasteiger partial charge on any atom is 0.0568 e. The molecule has 1 aliphatic rings. The minimum absolute atomic E-state index is 0.575. The zero-order valence-corrected chi connectivity index (χ0v) is 14.0. The largest absolute Gasteiger partial charge is 0.302 e. The summed E-state index contributed by atoms with van der Waals surface area (Å²) in [6, 6.07) is 8.77. The Labute approximate surface area is 133 Å². The molecule has 22 heavy (non-hydrogen) atoms. The predicted octanol–water partition coefficient (Wildman–Crippen LogP) is 4.22. The average molecular weight is 297 g/mol. The number of rotatable bonds is 4. The van der Waals surface area contributed by atoms with Gasteiger partial charge < -0.3 is 4.90 Å². The zero-order chi connectivity index (χ0) is 15.5. The van der Waals surface area contributed by atoms with Crippen LogP contribution >= 0.6 is 0 Å². The monoisotopic (exact) mass is 297 g/mol. The molecular formula is C19H27N3. The van der Waals surface area contributed by atoms with Crippen molar-refractivity contribution in [2.75, 3.05) is 19.6 Å². The van der Waals surface area contributed by atoms with Crippen molar-refractivity contribution in [1.82, 2.24) is 15.1 Å². The molecule has 0 radical (unpaired) electrons. The Kier molecular flexibility index (Phi) is 4.63. The SMILES string of the molecule is Cc1ccc(-c2cn[nH]c2C2CCCN(CC(C)C)C2)cc1. The molecule has 1 aromatic carbocycles. The van der Waals surface area contributed by atoms with Gasteiger partial charge in [0, 0.05) is 30.3 Å². The molecule has 0 spiro atoms. The van der Waals surface area contributed by atoms with Crippen molar-refractivity contribution >= 4 is 0 Å². The summed E-state index contributed by atoms with van der Waals surface area (Å²) in [5.74, 6) is 1.31. The molecule has 3 rings (SSSR count). The summed E-state index contributed by atoms with van der Waals surface area (Å²) in [6.07, 6.45) is 4.53. The van der Waals surface area contributed by atoms with E-state index in [0.29, 0.717) is 5.92 Å². The van der Waals surface area contributed by atoms with Crippen LogP contribution in [-0.4, -0.2) is 34.7 Å². The second-order valence-corrected chi connectivity index (χ2v) is 7.06. The van der Waals surface area contributed by atoms with Crippen LogP contribution < -0.4 is 0 Å². The molecule has 2 heterocycles. The van der Waals surface area contributed by atoms with Crippen LogP contribution in [0.15, 0.2) is 30.5 Å². The van der Waals surface area contributed by atoms with Gasteiger partial charge in [-0.3, -0.25) is 5.10 Å². The lowest BCUT2D eigenvalue weighted by molar-refractivity contribution is 0.186. The molecular weight excluding hydrogens is 270 g/mol. The predicted molar refractivity (Wildman–Crippen MR) is 92.0 cm³/mol. The molecule has 0 amide bonds. The second-order valence-electron chi connectivity index (χ2n) is 7.06.